The fraction of sp³-hybridized carbons (Fsp3) is 0.474. The molecule has 1 amide bonds. The third-order valence-electron chi connectivity index (χ3n) is 1.96. The standard InChI is InChI=1S/C7H11NO2.C6H11NO.C4H6O2.C2H6/c1-4-5-6(2)7(9)10-8-3;1-3-5-7-6(8)4-2;5-3-1-2-4-6;1-2/h4-5,8H,2H2,1,3H3;3,5H,4H2,1-2H3,(H,7,8);3-4H,1-2H2;1-2H3/b5-4-;5-3+;;. The Kier molecular flexibility index (Phi) is 36.5. The predicted octanol–water partition coefficient (Wildman–Crippen LogP) is 3.03. The van der Waals surface area contributed by atoms with E-state index >= 15 is 0 Å². The van der Waals surface area contributed by atoms with Gasteiger partial charge in [0.15, 0.2) is 0 Å². The number of amides is 1. The van der Waals surface area contributed by atoms with Gasteiger partial charge in [0.05, 0.1) is 5.57 Å². The Hall–Kier alpha value is -2.54. The summed E-state index contributed by atoms with van der Waals surface area (Å²) in [5, 5.41) is 2.56. The van der Waals surface area contributed by atoms with Crippen LogP contribution < -0.4 is 10.8 Å². The molecule has 0 spiro atoms. The molecular formula is C19H34N2O5. The van der Waals surface area contributed by atoms with Gasteiger partial charge < -0.3 is 19.7 Å². The van der Waals surface area contributed by atoms with Crippen molar-refractivity contribution >= 4 is 24.4 Å². The topological polar surface area (TPSA) is 102 Å². The van der Waals surface area contributed by atoms with Gasteiger partial charge >= 0.3 is 5.97 Å². The van der Waals surface area contributed by atoms with Gasteiger partial charge in [-0.15, -0.1) is 0 Å². The third kappa shape index (κ3) is 33.2. The number of hydrogen-bond donors (Lipinski definition) is 2. The molecule has 26 heavy (non-hydrogen) atoms. The number of nitrogens with one attached hydrogen (secondary N) is 2. The lowest BCUT2D eigenvalue weighted by atomic mass is 10.3. The molecule has 0 aliphatic rings. The third-order valence-corrected chi connectivity index (χ3v) is 1.96. The summed E-state index contributed by atoms with van der Waals surface area (Å²) in [6.07, 6.45) is 9.46. The first-order valence-corrected chi connectivity index (χ1v) is 8.42. The van der Waals surface area contributed by atoms with Gasteiger partial charge in [0.2, 0.25) is 5.91 Å². The SMILES string of the molecule is C/C=C/NC(=O)CC.C=C(/C=C\C)C(=O)ONC.CC.O=CCCC=O. The number of carbonyl (C=O) groups is 4. The molecular weight excluding hydrogens is 336 g/mol. The zero-order valence-electron chi connectivity index (χ0n) is 16.8. The summed E-state index contributed by atoms with van der Waals surface area (Å²) < 4.78 is 0. The van der Waals surface area contributed by atoms with Crippen LogP contribution in [0.15, 0.2) is 36.6 Å². The summed E-state index contributed by atoms with van der Waals surface area (Å²) >= 11 is 0. The van der Waals surface area contributed by atoms with Gasteiger partial charge in [-0.25, -0.2) is 4.79 Å². The average Bonchev–Trinajstić information content (AvgIpc) is 2.67. The maximum absolute atomic E-state index is 10.7. The van der Waals surface area contributed by atoms with Crippen molar-refractivity contribution in [3.8, 4) is 0 Å². The fourth-order valence-corrected chi connectivity index (χ4v) is 0.842. The van der Waals surface area contributed by atoms with E-state index in [-0.39, 0.29) is 5.91 Å². The highest BCUT2D eigenvalue weighted by Gasteiger charge is 2.02. The molecule has 0 bridgehead atoms. The van der Waals surface area contributed by atoms with Crippen LogP contribution in [0.25, 0.3) is 0 Å². The maximum atomic E-state index is 10.7. The van der Waals surface area contributed by atoms with Crippen molar-refractivity contribution in [2.45, 2.75) is 53.9 Å². The molecule has 0 unspecified atom stereocenters. The van der Waals surface area contributed by atoms with Crippen LogP contribution in [0, 0.1) is 0 Å². The Morgan fingerprint density at radius 3 is 1.85 bits per heavy atom. The average molecular weight is 370 g/mol. The number of aldehydes is 2. The van der Waals surface area contributed by atoms with Crippen molar-refractivity contribution in [2.75, 3.05) is 7.05 Å². The second-order valence-electron chi connectivity index (χ2n) is 3.95. The van der Waals surface area contributed by atoms with Crippen LogP contribution in [0.2, 0.25) is 0 Å². The van der Waals surface area contributed by atoms with Gasteiger partial charge in [0, 0.05) is 26.3 Å². The first kappa shape index (κ1) is 31.3. The highest BCUT2D eigenvalue weighted by atomic mass is 16.7. The molecule has 0 atom stereocenters. The monoisotopic (exact) mass is 370 g/mol. The molecule has 0 heterocycles. The quantitative estimate of drug-likeness (QED) is 0.224. The van der Waals surface area contributed by atoms with Crippen LogP contribution in [0.3, 0.4) is 0 Å². The Morgan fingerprint density at radius 2 is 1.54 bits per heavy atom. The van der Waals surface area contributed by atoms with E-state index in [1.165, 1.54) is 7.05 Å². The molecule has 0 fully saturated rings. The summed E-state index contributed by atoms with van der Waals surface area (Å²) in [7, 11) is 1.51. The van der Waals surface area contributed by atoms with Crippen molar-refractivity contribution in [1.82, 2.24) is 10.8 Å². The highest BCUT2D eigenvalue weighted by Crippen LogP contribution is 1.93. The van der Waals surface area contributed by atoms with Gasteiger partial charge in [-0.2, -0.15) is 5.48 Å². The van der Waals surface area contributed by atoms with Crippen LogP contribution in [-0.2, 0) is 24.0 Å². The molecule has 0 aliphatic heterocycles. The molecule has 0 aromatic carbocycles. The number of carbonyl (C=O) groups excluding carboxylic acids is 4. The van der Waals surface area contributed by atoms with E-state index in [4.69, 9.17) is 0 Å². The first-order valence-electron chi connectivity index (χ1n) is 8.42. The van der Waals surface area contributed by atoms with Crippen molar-refractivity contribution in [3.63, 3.8) is 0 Å². The number of unbranched alkanes of at least 4 members (excludes halogenated alkanes) is 1. The molecule has 0 saturated heterocycles. The van der Waals surface area contributed by atoms with Gasteiger partial charge in [0.25, 0.3) is 0 Å². The molecule has 7 nitrogen and oxygen atoms in total. The number of hydroxylamine groups is 1. The number of hydrogen-bond acceptors (Lipinski definition) is 6. The molecule has 0 rings (SSSR count). The lowest BCUT2D eigenvalue weighted by Gasteiger charge is -1.98. The molecule has 150 valence electrons. The van der Waals surface area contributed by atoms with Crippen LogP contribution in [-0.4, -0.2) is 31.5 Å². The highest BCUT2D eigenvalue weighted by molar-refractivity contribution is 5.90. The zero-order chi connectivity index (χ0) is 21.2. The Bertz CT molecular complexity index is 422. The van der Waals surface area contributed by atoms with Crippen molar-refractivity contribution in [3.05, 3.63) is 36.6 Å². The van der Waals surface area contributed by atoms with Crippen LogP contribution >= 0.6 is 0 Å². The van der Waals surface area contributed by atoms with Gasteiger partial charge in [-0.05, 0) is 20.0 Å². The summed E-state index contributed by atoms with van der Waals surface area (Å²) in [4.78, 5) is 44.3. The smallest absolute Gasteiger partial charge is 0.356 e. The zero-order valence-corrected chi connectivity index (χ0v) is 16.8. The first-order chi connectivity index (χ1) is 12.4. The van der Waals surface area contributed by atoms with E-state index in [0.717, 1.165) is 12.6 Å². The van der Waals surface area contributed by atoms with Crippen molar-refractivity contribution < 1.29 is 24.0 Å². The molecule has 0 radical (unpaired) electrons. The van der Waals surface area contributed by atoms with Gasteiger partial charge in [-0.1, -0.05) is 45.6 Å². The summed E-state index contributed by atoms with van der Waals surface area (Å²) in [5.41, 5.74) is 2.59. The van der Waals surface area contributed by atoms with E-state index in [1.54, 1.807) is 31.4 Å². The molecule has 0 aromatic rings. The largest absolute Gasteiger partial charge is 0.367 e. The molecule has 7 heteroatoms. The lowest BCUT2D eigenvalue weighted by molar-refractivity contribution is -0.144. The van der Waals surface area contributed by atoms with Crippen LogP contribution in [0.4, 0.5) is 0 Å². The fourth-order valence-electron chi connectivity index (χ4n) is 0.842. The van der Waals surface area contributed by atoms with Gasteiger partial charge in [-0.3, -0.25) is 4.79 Å². The van der Waals surface area contributed by atoms with Crippen LogP contribution in [0.5, 0.6) is 0 Å². The lowest BCUT2D eigenvalue weighted by Crippen LogP contribution is -2.15. The van der Waals surface area contributed by atoms with Crippen molar-refractivity contribution in [2.24, 2.45) is 0 Å². The molecule has 0 aliphatic carbocycles. The van der Waals surface area contributed by atoms with Crippen molar-refractivity contribution in [1.29, 1.82) is 0 Å². The van der Waals surface area contributed by atoms with E-state index in [1.807, 2.05) is 27.7 Å². The minimum atomic E-state index is -0.458. The summed E-state index contributed by atoms with van der Waals surface area (Å²) in [6.45, 7) is 12.9. The van der Waals surface area contributed by atoms with Gasteiger partial charge in [0.1, 0.15) is 12.6 Å². The summed E-state index contributed by atoms with van der Waals surface area (Å²) in [6, 6.07) is 0. The van der Waals surface area contributed by atoms with E-state index in [0.29, 0.717) is 24.8 Å². The number of allylic oxidation sites excluding steroid dienone is 2. The molecule has 0 saturated carbocycles. The minimum Gasteiger partial charge on any atom is -0.367 e. The molecule has 0 aromatic heterocycles. The van der Waals surface area contributed by atoms with E-state index in [9.17, 15) is 19.2 Å². The Morgan fingerprint density at radius 1 is 1.04 bits per heavy atom. The molecule has 2 N–H and O–H groups in total. The predicted molar refractivity (Wildman–Crippen MR) is 105 cm³/mol. The second-order valence-corrected chi connectivity index (χ2v) is 3.95. The number of rotatable bonds is 8. The summed E-state index contributed by atoms with van der Waals surface area (Å²) in [5.74, 6) is -0.399. The van der Waals surface area contributed by atoms with E-state index < -0.39 is 5.97 Å². The Balaban J connectivity index is -0.000000137. The Labute approximate surface area is 157 Å². The maximum Gasteiger partial charge on any atom is 0.356 e. The van der Waals surface area contributed by atoms with E-state index in [2.05, 4.69) is 22.2 Å². The normalized spacial score (nSPS) is 8.69. The second kappa shape index (κ2) is 30.4. The minimum absolute atomic E-state index is 0.0584. The van der Waals surface area contributed by atoms with Crippen LogP contribution in [0.1, 0.15) is 53.9 Å².